The van der Waals surface area contributed by atoms with Crippen molar-refractivity contribution >= 4 is 33.2 Å². The van der Waals surface area contributed by atoms with Crippen LogP contribution >= 0.6 is 11.6 Å². The summed E-state index contributed by atoms with van der Waals surface area (Å²) in [5.74, 6) is 0. The molecule has 1 atom stereocenters. The van der Waals surface area contributed by atoms with Crippen LogP contribution in [0.3, 0.4) is 0 Å². The van der Waals surface area contributed by atoms with E-state index in [4.69, 9.17) is 11.6 Å². The molecule has 0 aliphatic rings. The summed E-state index contributed by atoms with van der Waals surface area (Å²) in [6, 6.07) is 22.6. The van der Waals surface area contributed by atoms with Crippen LogP contribution in [-0.2, 0) is 16.5 Å². The zero-order valence-corrected chi connectivity index (χ0v) is 16.8. The summed E-state index contributed by atoms with van der Waals surface area (Å²) in [5.41, 5.74) is 2.49. The van der Waals surface area contributed by atoms with E-state index in [2.05, 4.69) is 14.4 Å². The Balaban J connectivity index is 1.89. The van der Waals surface area contributed by atoms with Crippen LogP contribution < -0.4 is 10.0 Å². The van der Waals surface area contributed by atoms with Gasteiger partial charge in [-0.3, -0.25) is 0 Å². The minimum absolute atomic E-state index is 0.311. The highest BCUT2D eigenvalue weighted by molar-refractivity contribution is 7.92. The molecule has 3 aromatic rings. The van der Waals surface area contributed by atoms with Crippen molar-refractivity contribution < 1.29 is 9.00 Å². The largest absolute Gasteiger partial charge is 0.354 e. The number of amides is 2. The Kier molecular flexibility index (Phi) is 6.46. The average Bonchev–Trinajstić information content (AvgIpc) is 2.69. The Morgan fingerprint density at radius 2 is 1.61 bits per heavy atom. The van der Waals surface area contributed by atoms with Gasteiger partial charge in [0.1, 0.15) is 9.92 Å². The van der Waals surface area contributed by atoms with Gasteiger partial charge in [-0.25, -0.2) is 13.7 Å². The number of carbonyl (C=O) groups is 1. The lowest BCUT2D eigenvalue weighted by atomic mass is 10.2. The summed E-state index contributed by atoms with van der Waals surface area (Å²) >= 11 is 5.85. The van der Waals surface area contributed by atoms with Crippen LogP contribution in [0.2, 0.25) is 5.02 Å². The monoisotopic (exact) mass is 413 g/mol. The van der Waals surface area contributed by atoms with Crippen LogP contribution in [0.25, 0.3) is 0 Å². The van der Waals surface area contributed by atoms with Crippen LogP contribution in [0, 0.1) is 6.92 Å². The fraction of sp³-hybridized carbons (Fsp3) is 0.0952. The zero-order chi connectivity index (χ0) is 20.0. The maximum atomic E-state index is 13.6. The fourth-order valence-electron chi connectivity index (χ4n) is 2.46. The lowest BCUT2D eigenvalue weighted by molar-refractivity contribution is 0.260. The van der Waals surface area contributed by atoms with E-state index >= 15 is 0 Å². The molecule has 3 rings (SSSR count). The topological polar surface area (TPSA) is 70.6 Å². The summed E-state index contributed by atoms with van der Waals surface area (Å²) in [7, 11) is -3.17. The highest BCUT2D eigenvalue weighted by Gasteiger charge is 2.15. The number of benzene rings is 3. The van der Waals surface area contributed by atoms with E-state index in [0.29, 0.717) is 22.2 Å². The number of nitrogens with one attached hydrogen (secondary N) is 2. The smallest absolute Gasteiger partial charge is 0.306 e. The SMILES string of the molecule is Cc1ccc(S(=O)(=NC(=O)Nc2ccc(Cl)cc2)NCc2ccccc2)cc1. The van der Waals surface area contributed by atoms with Crippen LogP contribution in [0.15, 0.2) is 88.1 Å². The molecular formula is C21H20ClN3O2S. The van der Waals surface area contributed by atoms with Gasteiger partial charge in [-0.1, -0.05) is 59.6 Å². The number of carbonyl (C=O) groups excluding carboxylic acids is 1. The highest BCUT2D eigenvalue weighted by Crippen LogP contribution is 2.16. The summed E-state index contributed by atoms with van der Waals surface area (Å²) < 4.78 is 20.5. The van der Waals surface area contributed by atoms with Crippen molar-refractivity contribution in [2.75, 3.05) is 5.32 Å². The molecule has 0 aliphatic heterocycles. The third kappa shape index (κ3) is 5.42. The van der Waals surface area contributed by atoms with Gasteiger partial charge < -0.3 is 5.32 Å². The lowest BCUT2D eigenvalue weighted by Gasteiger charge is -2.13. The molecule has 0 saturated heterocycles. The molecule has 0 bridgehead atoms. The van der Waals surface area contributed by atoms with Crippen molar-refractivity contribution in [2.24, 2.45) is 4.36 Å². The molecule has 0 saturated carbocycles. The lowest BCUT2D eigenvalue weighted by Crippen LogP contribution is -2.25. The van der Waals surface area contributed by atoms with Crippen molar-refractivity contribution in [3.8, 4) is 0 Å². The van der Waals surface area contributed by atoms with E-state index in [9.17, 15) is 9.00 Å². The number of urea groups is 1. The Hall–Kier alpha value is -2.67. The predicted octanol–water partition coefficient (Wildman–Crippen LogP) is 5.41. The Morgan fingerprint density at radius 3 is 2.25 bits per heavy atom. The Morgan fingerprint density at radius 1 is 0.964 bits per heavy atom. The quantitative estimate of drug-likeness (QED) is 0.586. The minimum Gasteiger partial charge on any atom is -0.306 e. The Labute approximate surface area is 170 Å². The highest BCUT2D eigenvalue weighted by atomic mass is 35.5. The van der Waals surface area contributed by atoms with Gasteiger partial charge >= 0.3 is 6.03 Å². The molecule has 0 aliphatic carbocycles. The van der Waals surface area contributed by atoms with Crippen LogP contribution in [-0.4, -0.2) is 10.2 Å². The number of nitrogens with zero attached hydrogens (tertiary/aromatic N) is 1. The van der Waals surface area contributed by atoms with E-state index in [1.807, 2.05) is 49.4 Å². The first kappa shape index (κ1) is 20.1. The summed E-state index contributed by atoms with van der Waals surface area (Å²) in [6.45, 7) is 2.25. The number of rotatable bonds is 5. The van der Waals surface area contributed by atoms with E-state index in [1.165, 1.54) is 0 Å². The molecule has 144 valence electrons. The van der Waals surface area contributed by atoms with Gasteiger partial charge in [-0.15, -0.1) is 4.36 Å². The Bertz CT molecular complexity index is 1060. The molecule has 5 nitrogen and oxygen atoms in total. The molecule has 0 heterocycles. The maximum Gasteiger partial charge on any atom is 0.354 e. The number of halogens is 1. The first-order valence-corrected chi connectivity index (χ1v) is 10.5. The second-order valence-electron chi connectivity index (χ2n) is 6.17. The molecule has 2 N–H and O–H groups in total. The average molecular weight is 414 g/mol. The number of hydrogen-bond donors (Lipinski definition) is 2. The van der Waals surface area contributed by atoms with Crippen LogP contribution in [0.5, 0.6) is 0 Å². The molecule has 28 heavy (non-hydrogen) atoms. The summed E-state index contributed by atoms with van der Waals surface area (Å²) in [6.07, 6.45) is 0. The molecule has 2 amide bonds. The number of aryl methyl sites for hydroxylation is 1. The van der Waals surface area contributed by atoms with Crippen LogP contribution in [0.4, 0.5) is 10.5 Å². The number of hydrogen-bond acceptors (Lipinski definition) is 2. The van der Waals surface area contributed by atoms with E-state index in [-0.39, 0.29) is 0 Å². The molecule has 0 radical (unpaired) electrons. The first-order valence-electron chi connectivity index (χ1n) is 8.63. The third-order valence-electron chi connectivity index (χ3n) is 3.96. The fourth-order valence-corrected chi connectivity index (χ4v) is 4.07. The molecule has 3 aromatic carbocycles. The summed E-state index contributed by atoms with van der Waals surface area (Å²) in [5, 5.41) is 3.18. The standard InChI is InChI=1S/C21H20ClN3O2S/c1-16-7-13-20(14-8-16)28(27,23-15-17-5-3-2-4-6-17)25-21(26)24-19-11-9-18(22)10-12-19/h2-14H,15H2,1H3,(H2,23,24,25,26,27). The molecule has 0 fully saturated rings. The van der Waals surface area contributed by atoms with Crippen molar-refractivity contribution in [3.63, 3.8) is 0 Å². The van der Waals surface area contributed by atoms with Gasteiger partial charge in [0.05, 0.1) is 4.90 Å². The van der Waals surface area contributed by atoms with Gasteiger partial charge in [-0.2, -0.15) is 0 Å². The molecule has 1 unspecified atom stereocenters. The zero-order valence-electron chi connectivity index (χ0n) is 15.3. The third-order valence-corrected chi connectivity index (χ3v) is 6.08. The van der Waals surface area contributed by atoms with Gasteiger partial charge in [0.2, 0.25) is 0 Å². The van der Waals surface area contributed by atoms with Crippen molar-refractivity contribution in [3.05, 3.63) is 95.0 Å². The van der Waals surface area contributed by atoms with E-state index in [0.717, 1.165) is 11.1 Å². The summed E-state index contributed by atoms with van der Waals surface area (Å²) in [4.78, 5) is 12.9. The molecule has 7 heteroatoms. The van der Waals surface area contributed by atoms with Crippen molar-refractivity contribution in [1.82, 2.24) is 4.72 Å². The van der Waals surface area contributed by atoms with Crippen molar-refractivity contribution in [2.45, 2.75) is 18.4 Å². The van der Waals surface area contributed by atoms with Gasteiger partial charge in [0.25, 0.3) is 0 Å². The maximum absolute atomic E-state index is 13.6. The second-order valence-corrected chi connectivity index (χ2v) is 8.60. The normalized spacial score (nSPS) is 12.8. The van der Waals surface area contributed by atoms with Gasteiger partial charge in [0, 0.05) is 17.3 Å². The minimum atomic E-state index is -3.17. The number of anilines is 1. The molecular weight excluding hydrogens is 394 g/mol. The second kappa shape index (κ2) is 9.01. The van der Waals surface area contributed by atoms with Crippen LogP contribution in [0.1, 0.15) is 11.1 Å². The molecule has 0 spiro atoms. The van der Waals surface area contributed by atoms with E-state index < -0.39 is 15.9 Å². The molecule has 0 aromatic heterocycles. The van der Waals surface area contributed by atoms with E-state index in [1.54, 1.807) is 36.4 Å². The van der Waals surface area contributed by atoms with Crippen molar-refractivity contribution in [1.29, 1.82) is 0 Å². The van der Waals surface area contributed by atoms with Gasteiger partial charge in [0.15, 0.2) is 0 Å². The first-order chi connectivity index (χ1) is 13.4. The van der Waals surface area contributed by atoms with Gasteiger partial charge in [-0.05, 0) is 48.9 Å². The predicted molar refractivity (Wildman–Crippen MR) is 114 cm³/mol.